The number of esters is 4. The van der Waals surface area contributed by atoms with Crippen molar-refractivity contribution in [3.05, 3.63) is 82.0 Å². The van der Waals surface area contributed by atoms with Gasteiger partial charge in [0.05, 0.1) is 0 Å². The maximum atomic E-state index is 13.4. The Morgan fingerprint density at radius 2 is 1.42 bits per heavy atom. The van der Waals surface area contributed by atoms with E-state index >= 15 is 0 Å². The first-order valence-corrected chi connectivity index (χ1v) is 14.5. The highest BCUT2D eigenvalue weighted by molar-refractivity contribution is 7.15. The number of carbonyl (C=O) groups excluding carboxylic acids is 4. The van der Waals surface area contributed by atoms with Crippen molar-refractivity contribution in [2.24, 2.45) is 0 Å². The van der Waals surface area contributed by atoms with Crippen molar-refractivity contribution in [1.82, 2.24) is 0 Å². The number of hydrogen-bond acceptors (Lipinski definition) is 10. The van der Waals surface area contributed by atoms with E-state index in [-0.39, 0.29) is 12.4 Å². The molecule has 1 aromatic heterocycles. The average Bonchev–Trinajstić information content (AvgIpc) is 3.39. The van der Waals surface area contributed by atoms with E-state index in [1.807, 2.05) is 37.3 Å². The molecule has 0 bridgehead atoms. The highest BCUT2D eigenvalue weighted by atomic mass is 32.1. The first-order chi connectivity index (χ1) is 20.4. The average molecular weight is 613 g/mol. The summed E-state index contributed by atoms with van der Waals surface area (Å²) in [6, 6.07) is 16.0. The molecule has 43 heavy (non-hydrogen) atoms. The summed E-state index contributed by atoms with van der Waals surface area (Å²) >= 11 is 1.59. The minimum Gasteiger partial charge on any atom is -0.463 e. The van der Waals surface area contributed by atoms with Crippen LogP contribution in [0.2, 0.25) is 0 Å². The van der Waals surface area contributed by atoms with Crippen LogP contribution in [0.1, 0.15) is 55.4 Å². The molecular formula is C32H33FO9S. The van der Waals surface area contributed by atoms with Crippen molar-refractivity contribution in [1.29, 1.82) is 0 Å². The Morgan fingerprint density at radius 1 is 0.791 bits per heavy atom. The van der Waals surface area contributed by atoms with Gasteiger partial charge in [-0.2, -0.15) is 0 Å². The van der Waals surface area contributed by atoms with Gasteiger partial charge in [0.2, 0.25) is 0 Å². The fourth-order valence-corrected chi connectivity index (χ4v) is 6.02. The summed E-state index contributed by atoms with van der Waals surface area (Å²) in [6.45, 7) is 6.48. The molecule has 5 atom stereocenters. The van der Waals surface area contributed by atoms with E-state index in [0.29, 0.717) is 12.0 Å². The summed E-state index contributed by atoms with van der Waals surface area (Å²) in [4.78, 5) is 50.1. The van der Waals surface area contributed by atoms with Crippen molar-refractivity contribution >= 4 is 35.2 Å². The van der Waals surface area contributed by atoms with Gasteiger partial charge < -0.3 is 23.7 Å². The van der Waals surface area contributed by atoms with E-state index in [0.717, 1.165) is 26.4 Å². The molecule has 228 valence electrons. The second-order valence-corrected chi connectivity index (χ2v) is 11.4. The smallest absolute Gasteiger partial charge is 0.303 e. The van der Waals surface area contributed by atoms with Gasteiger partial charge in [-0.25, -0.2) is 4.39 Å². The monoisotopic (exact) mass is 612 g/mol. The molecule has 0 N–H and O–H groups in total. The Kier molecular flexibility index (Phi) is 10.3. The summed E-state index contributed by atoms with van der Waals surface area (Å²) < 4.78 is 41.6. The quantitative estimate of drug-likeness (QED) is 0.236. The highest BCUT2D eigenvalue weighted by Gasteiger charge is 2.52. The van der Waals surface area contributed by atoms with Crippen LogP contribution in [-0.2, 0) is 49.3 Å². The second-order valence-electron chi connectivity index (χ2n) is 10.3. The molecule has 9 nitrogen and oxygen atoms in total. The van der Waals surface area contributed by atoms with Crippen molar-refractivity contribution in [2.75, 3.05) is 6.61 Å². The number of thiophene rings is 1. The predicted octanol–water partition coefficient (Wildman–Crippen LogP) is 5.25. The van der Waals surface area contributed by atoms with Gasteiger partial charge in [0.1, 0.15) is 24.6 Å². The van der Waals surface area contributed by atoms with Gasteiger partial charge in [0.25, 0.3) is 0 Å². The topological polar surface area (TPSA) is 114 Å². The number of halogens is 1. The van der Waals surface area contributed by atoms with Crippen LogP contribution in [0.5, 0.6) is 0 Å². The molecule has 4 rings (SSSR count). The fraction of sp³-hybridized carbons (Fsp3) is 0.375. The molecule has 0 saturated carbocycles. The molecule has 1 aliphatic rings. The highest BCUT2D eigenvalue weighted by Crippen LogP contribution is 2.39. The number of rotatable bonds is 9. The Labute approximate surface area is 252 Å². The van der Waals surface area contributed by atoms with Crippen molar-refractivity contribution in [2.45, 2.75) is 71.6 Å². The third-order valence-corrected chi connectivity index (χ3v) is 7.98. The standard InChI is InChI=1S/C32H33FO9S/c1-17-6-7-23(14-24(17)15-26-12-13-28(43-26)22-8-10-25(33)11-9-22)29-31(40-20(4)36)32(41-21(5)37)30(39-19(3)35)27(42-29)16-38-18(2)34/h6-14,27,29-32H,15-16H2,1-5H3/t27-,29?,30-,31-,32+/m1/s1. The van der Waals surface area contributed by atoms with Gasteiger partial charge in [-0.15, -0.1) is 11.3 Å². The van der Waals surface area contributed by atoms with E-state index in [2.05, 4.69) is 0 Å². The number of carbonyl (C=O) groups is 4. The second kappa shape index (κ2) is 13.9. The summed E-state index contributed by atoms with van der Waals surface area (Å²) in [5.74, 6) is -2.91. The first-order valence-electron chi connectivity index (χ1n) is 13.7. The zero-order chi connectivity index (χ0) is 31.3. The van der Waals surface area contributed by atoms with Gasteiger partial charge in [0.15, 0.2) is 18.3 Å². The number of ether oxygens (including phenoxy) is 5. The molecule has 0 spiro atoms. The van der Waals surface area contributed by atoms with Gasteiger partial charge in [-0.1, -0.05) is 30.3 Å². The summed E-state index contributed by atoms with van der Waals surface area (Å²) in [5, 5.41) is 0. The number of aryl methyl sites for hydroxylation is 1. The normalized spacial score (nSPS) is 21.5. The maximum absolute atomic E-state index is 13.4. The van der Waals surface area contributed by atoms with Crippen molar-refractivity contribution in [3.63, 3.8) is 0 Å². The third kappa shape index (κ3) is 8.26. The summed E-state index contributed by atoms with van der Waals surface area (Å²) in [6.07, 6.45) is -5.06. The Bertz CT molecular complexity index is 1480. The van der Waals surface area contributed by atoms with Gasteiger partial charge in [0, 0.05) is 43.9 Å². The third-order valence-electron chi connectivity index (χ3n) is 6.85. The van der Waals surface area contributed by atoms with E-state index in [1.165, 1.54) is 39.8 Å². The van der Waals surface area contributed by atoms with Gasteiger partial charge in [-0.3, -0.25) is 19.2 Å². The molecule has 2 aromatic carbocycles. The lowest BCUT2D eigenvalue weighted by molar-refractivity contribution is -0.254. The zero-order valence-electron chi connectivity index (χ0n) is 24.5. The van der Waals surface area contributed by atoms with E-state index < -0.39 is 54.4 Å². The Hall–Kier alpha value is -4.09. The molecule has 1 fully saturated rings. The van der Waals surface area contributed by atoms with Crippen LogP contribution < -0.4 is 0 Å². The Balaban J connectivity index is 1.70. The molecule has 3 aromatic rings. The molecule has 0 amide bonds. The van der Waals surface area contributed by atoms with Crippen LogP contribution in [-0.4, -0.2) is 54.9 Å². The number of hydrogen-bond donors (Lipinski definition) is 0. The summed E-state index contributed by atoms with van der Waals surface area (Å²) in [5.41, 5.74) is 3.51. The SMILES string of the molecule is CC(=O)OC[C@H]1OC(c2ccc(C)c(Cc3ccc(-c4ccc(F)cc4)s3)c2)[C@@H](OC(C)=O)[C@@H](OC(C)=O)[C@@H]1OC(C)=O. The van der Waals surface area contributed by atoms with Crippen LogP contribution in [0, 0.1) is 12.7 Å². The van der Waals surface area contributed by atoms with Gasteiger partial charge in [-0.05, 0) is 53.4 Å². The zero-order valence-corrected chi connectivity index (χ0v) is 25.3. The molecule has 0 radical (unpaired) electrons. The molecule has 1 saturated heterocycles. The minimum absolute atomic E-state index is 0.296. The van der Waals surface area contributed by atoms with Crippen molar-refractivity contribution < 1.29 is 47.3 Å². The van der Waals surface area contributed by atoms with Crippen LogP contribution in [0.3, 0.4) is 0 Å². The van der Waals surface area contributed by atoms with Gasteiger partial charge >= 0.3 is 23.9 Å². The van der Waals surface area contributed by atoms with Crippen LogP contribution in [0.15, 0.2) is 54.6 Å². The van der Waals surface area contributed by atoms with Crippen LogP contribution in [0.4, 0.5) is 4.39 Å². The minimum atomic E-state index is -1.25. The lowest BCUT2D eigenvalue weighted by Gasteiger charge is -2.44. The molecule has 2 heterocycles. The summed E-state index contributed by atoms with van der Waals surface area (Å²) in [7, 11) is 0. The lowest BCUT2D eigenvalue weighted by atomic mass is 9.88. The molecular weight excluding hydrogens is 579 g/mol. The van der Waals surface area contributed by atoms with Crippen LogP contribution >= 0.6 is 11.3 Å². The molecule has 1 unspecified atom stereocenters. The molecule has 0 aliphatic carbocycles. The number of benzene rings is 2. The van der Waals surface area contributed by atoms with E-state index in [9.17, 15) is 23.6 Å². The van der Waals surface area contributed by atoms with E-state index in [4.69, 9.17) is 23.7 Å². The predicted molar refractivity (Wildman–Crippen MR) is 155 cm³/mol. The molecule has 11 heteroatoms. The lowest BCUT2D eigenvalue weighted by Crippen LogP contribution is -2.59. The maximum Gasteiger partial charge on any atom is 0.303 e. The Morgan fingerprint density at radius 3 is 2.05 bits per heavy atom. The van der Waals surface area contributed by atoms with Crippen molar-refractivity contribution in [3.8, 4) is 10.4 Å². The largest absolute Gasteiger partial charge is 0.463 e. The molecule has 1 aliphatic heterocycles. The van der Waals surface area contributed by atoms with E-state index in [1.54, 1.807) is 23.5 Å². The fourth-order valence-electron chi connectivity index (χ4n) is 4.99. The first kappa shape index (κ1) is 31.8. The van der Waals surface area contributed by atoms with Crippen LogP contribution in [0.25, 0.3) is 10.4 Å².